The van der Waals surface area contributed by atoms with Gasteiger partial charge in [-0.1, -0.05) is 41.5 Å². The predicted octanol–water partition coefficient (Wildman–Crippen LogP) is 7.31. The summed E-state index contributed by atoms with van der Waals surface area (Å²) in [6.45, 7) is 16.1. The highest BCUT2D eigenvalue weighted by Gasteiger charge is 2.28. The first-order chi connectivity index (χ1) is 26.8. The van der Waals surface area contributed by atoms with E-state index in [-0.39, 0.29) is 19.2 Å². The fourth-order valence-electron chi connectivity index (χ4n) is 6.47. The van der Waals surface area contributed by atoms with Crippen LogP contribution in [0.1, 0.15) is 69.6 Å². The SMILES string of the molecule is Cc1ccsc1S(=O)(=O)Nc1ccc(-c2nc3c(=Cc4c(C(C)(C)C)[nH]n5nc(-c6ccc(NS(=O)(=O)c7sccc7C)cc6)nc45)c(C(C)(C)C)nn3n2)cc1. The van der Waals surface area contributed by atoms with Crippen LogP contribution in [0.5, 0.6) is 0 Å². The molecule has 0 radical (unpaired) electrons. The Morgan fingerprint density at radius 1 is 0.649 bits per heavy atom. The topological polar surface area (TPSA) is 181 Å². The third kappa shape index (κ3) is 7.22. The maximum absolute atomic E-state index is 13.0. The van der Waals surface area contributed by atoms with Crippen LogP contribution in [-0.4, -0.2) is 56.5 Å². The minimum Gasteiger partial charge on any atom is -0.279 e. The van der Waals surface area contributed by atoms with Crippen molar-refractivity contribution < 1.29 is 16.8 Å². The molecular weight excluding hydrogens is 801 g/mol. The Bertz CT molecular complexity index is 3090. The van der Waals surface area contributed by atoms with Gasteiger partial charge in [0.25, 0.3) is 20.0 Å². The Labute approximate surface area is 337 Å². The number of hydrogen-bond acceptors (Lipinski definition) is 11. The minimum absolute atomic E-state index is 0.282. The molecule has 0 fully saturated rings. The van der Waals surface area contributed by atoms with Crippen molar-refractivity contribution in [1.82, 2.24) is 39.6 Å². The molecule has 8 aromatic rings. The summed E-state index contributed by atoms with van der Waals surface area (Å²) in [4.78, 5) is 9.93. The van der Waals surface area contributed by atoms with Gasteiger partial charge in [0.05, 0.1) is 11.4 Å². The zero-order chi connectivity index (χ0) is 40.7. The van der Waals surface area contributed by atoms with E-state index in [1.54, 1.807) is 94.5 Å². The van der Waals surface area contributed by atoms with Crippen LogP contribution in [0.4, 0.5) is 11.4 Å². The van der Waals surface area contributed by atoms with E-state index in [0.29, 0.717) is 56.6 Å². The Kier molecular flexibility index (Phi) is 9.18. The molecule has 6 heterocycles. The summed E-state index contributed by atoms with van der Waals surface area (Å²) in [6, 6.07) is 17.5. The van der Waals surface area contributed by atoms with E-state index in [1.165, 1.54) is 22.7 Å². The number of benzene rings is 2. The quantitative estimate of drug-likeness (QED) is 0.134. The van der Waals surface area contributed by atoms with Gasteiger partial charge in [-0.3, -0.25) is 14.5 Å². The van der Waals surface area contributed by atoms with Crippen LogP contribution in [-0.2, 0) is 30.9 Å². The number of rotatable bonds is 9. The van der Waals surface area contributed by atoms with Gasteiger partial charge in [0.1, 0.15) is 8.42 Å². The lowest BCUT2D eigenvalue weighted by Gasteiger charge is -2.18. The lowest BCUT2D eigenvalue weighted by atomic mass is 9.88. The standard InChI is InChI=1S/C39H40N10O4S4/c1-22-17-19-54-36(22)56(50,51)46-26-13-9-24(10-14-26)32-40-34-28(30(38(3,4)5)42-48(34)44-32)21-29-31(39(6,7)8)43-49-35(29)41-33(45-49)25-11-15-27(16-12-25)47-57(52,53)37-23(2)18-20-55-37/h9-21,42,46-47H,1-8H3. The number of anilines is 2. The second-order valence-electron chi connectivity index (χ2n) is 15.9. The molecule has 8 rings (SSSR count). The van der Waals surface area contributed by atoms with Crippen LogP contribution in [0.2, 0.25) is 0 Å². The third-order valence-corrected chi connectivity index (χ3v) is 15.4. The van der Waals surface area contributed by atoms with Crippen LogP contribution in [0, 0.1) is 13.8 Å². The number of nitrogens with zero attached hydrogens (tertiary/aromatic N) is 7. The smallest absolute Gasteiger partial charge is 0.271 e. The van der Waals surface area contributed by atoms with E-state index >= 15 is 0 Å². The average molecular weight is 841 g/mol. The first-order valence-electron chi connectivity index (χ1n) is 17.9. The van der Waals surface area contributed by atoms with Gasteiger partial charge in [-0.2, -0.15) is 9.73 Å². The molecule has 57 heavy (non-hydrogen) atoms. The summed E-state index contributed by atoms with van der Waals surface area (Å²) in [5, 5.41) is 22.2. The molecule has 0 spiro atoms. The number of aryl methyl sites for hydroxylation is 2. The van der Waals surface area contributed by atoms with Crippen LogP contribution < -0.4 is 14.7 Å². The molecule has 18 heteroatoms. The second kappa shape index (κ2) is 13.6. The molecule has 0 amide bonds. The number of aromatic nitrogens is 8. The van der Waals surface area contributed by atoms with E-state index in [0.717, 1.165) is 22.2 Å². The number of fused-ring (bicyclic) bond motifs is 2. The predicted molar refractivity (Wildman–Crippen MR) is 225 cm³/mol. The molecule has 0 unspecified atom stereocenters. The minimum atomic E-state index is -3.72. The van der Waals surface area contributed by atoms with E-state index < -0.39 is 20.0 Å². The van der Waals surface area contributed by atoms with Crippen molar-refractivity contribution in [3.8, 4) is 22.8 Å². The van der Waals surface area contributed by atoms with Gasteiger partial charge >= 0.3 is 0 Å². The Balaban J connectivity index is 1.16. The molecule has 3 N–H and O–H groups in total. The number of thiophene rings is 2. The molecule has 0 saturated carbocycles. The van der Waals surface area contributed by atoms with Crippen molar-refractivity contribution in [3.05, 3.63) is 105 Å². The summed E-state index contributed by atoms with van der Waals surface area (Å²) in [6.07, 6.45) is 2.04. The zero-order valence-corrected chi connectivity index (χ0v) is 35.7. The number of sulfonamides is 2. The zero-order valence-electron chi connectivity index (χ0n) is 32.4. The molecule has 0 atom stereocenters. The van der Waals surface area contributed by atoms with Gasteiger partial charge in [0.15, 0.2) is 22.9 Å². The molecule has 294 valence electrons. The third-order valence-electron chi connectivity index (χ3n) is 9.27. The molecule has 14 nitrogen and oxygen atoms in total. The fourth-order valence-corrected chi connectivity index (χ4v) is 11.4. The summed E-state index contributed by atoms with van der Waals surface area (Å²) < 4.78 is 61.0. The molecule has 0 aliphatic rings. The lowest BCUT2D eigenvalue weighted by molar-refractivity contribution is 0.553. The van der Waals surface area contributed by atoms with Crippen molar-refractivity contribution in [2.75, 3.05) is 9.44 Å². The summed E-state index contributed by atoms with van der Waals surface area (Å²) in [5.74, 6) is 0.898. The Morgan fingerprint density at radius 3 is 1.60 bits per heavy atom. The molecule has 0 aliphatic carbocycles. The highest BCUT2D eigenvalue weighted by molar-refractivity contribution is 7.95. The maximum atomic E-state index is 13.0. The van der Waals surface area contributed by atoms with Gasteiger partial charge in [-0.05, 0) is 102 Å². The van der Waals surface area contributed by atoms with Gasteiger partial charge < -0.3 is 0 Å². The molecule has 0 bridgehead atoms. The van der Waals surface area contributed by atoms with E-state index in [2.05, 4.69) is 56.1 Å². The van der Waals surface area contributed by atoms with Gasteiger partial charge in [-0.15, -0.1) is 37.5 Å². The Hall–Kier alpha value is -5.43. The molecule has 6 aromatic heterocycles. The first kappa shape index (κ1) is 38.4. The normalized spacial score (nSPS) is 13.3. The summed E-state index contributed by atoms with van der Waals surface area (Å²) in [5.41, 5.74) is 6.64. The molecular formula is C39H40N10O4S4. The van der Waals surface area contributed by atoms with Crippen LogP contribution in [0.3, 0.4) is 0 Å². The van der Waals surface area contributed by atoms with Crippen molar-refractivity contribution >= 4 is 71.5 Å². The van der Waals surface area contributed by atoms with Gasteiger partial charge in [0.2, 0.25) is 0 Å². The maximum Gasteiger partial charge on any atom is 0.271 e. The lowest BCUT2D eigenvalue weighted by Crippen LogP contribution is -2.22. The first-order valence-corrected chi connectivity index (χ1v) is 22.6. The van der Waals surface area contributed by atoms with Crippen LogP contribution in [0.15, 0.2) is 79.8 Å². The highest BCUT2D eigenvalue weighted by Crippen LogP contribution is 2.32. The van der Waals surface area contributed by atoms with Crippen molar-refractivity contribution in [3.63, 3.8) is 0 Å². The summed E-state index contributed by atoms with van der Waals surface area (Å²) in [7, 11) is -7.43. The largest absolute Gasteiger partial charge is 0.279 e. The van der Waals surface area contributed by atoms with Crippen molar-refractivity contribution in [1.29, 1.82) is 0 Å². The number of hydrogen-bond donors (Lipinski definition) is 3. The van der Waals surface area contributed by atoms with E-state index in [1.807, 2.05) is 6.08 Å². The van der Waals surface area contributed by atoms with E-state index in [4.69, 9.17) is 25.3 Å². The fraction of sp³-hybridized carbons (Fsp3) is 0.256. The second-order valence-corrected chi connectivity index (χ2v) is 21.5. The van der Waals surface area contributed by atoms with E-state index in [9.17, 15) is 16.8 Å². The molecule has 0 saturated heterocycles. The van der Waals surface area contributed by atoms with Crippen molar-refractivity contribution in [2.24, 2.45) is 0 Å². The van der Waals surface area contributed by atoms with Crippen molar-refractivity contribution in [2.45, 2.75) is 74.6 Å². The molecule has 0 aliphatic heterocycles. The number of H-pyrrole nitrogens is 1. The monoisotopic (exact) mass is 840 g/mol. The van der Waals surface area contributed by atoms with Crippen LogP contribution >= 0.6 is 22.7 Å². The number of nitrogens with one attached hydrogen (secondary N) is 3. The summed E-state index contributed by atoms with van der Waals surface area (Å²) >= 11 is 2.35. The average Bonchev–Trinajstić information content (AvgIpc) is 3.97. The Morgan fingerprint density at radius 2 is 1.14 bits per heavy atom. The highest BCUT2D eigenvalue weighted by atomic mass is 32.3. The van der Waals surface area contributed by atoms with Gasteiger partial charge in [0, 0.05) is 44.1 Å². The molecule has 2 aromatic carbocycles. The van der Waals surface area contributed by atoms with Crippen LogP contribution in [0.25, 0.3) is 40.1 Å². The number of aromatic amines is 1. The van der Waals surface area contributed by atoms with Gasteiger partial charge in [-0.25, -0.2) is 26.8 Å².